The number of fused-ring (bicyclic) bond motifs is 2. The van der Waals surface area contributed by atoms with Crippen LogP contribution in [0.3, 0.4) is 0 Å². The third-order valence-electron chi connectivity index (χ3n) is 5.33. The normalized spacial score (nSPS) is 16.2. The zero-order chi connectivity index (χ0) is 19.1. The second kappa shape index (κ2) is 6.74. The number of ether oxygens (including phenoxy) is 2. The molecule has 0 aliphatic carbocycles. The van der Waals surface area contributed by atoms with Crippen LogP contribution in [0.5, 0.6) is 11.5 Å². The van der Waals surface area contributed by atoms with Gasteiger partial charge in [-0.1, -0.05) is 11.6 Å². The summed E-state index contributed by atoms with van der Waals surface area (Å²) in [6.45, 7) is 4.90. The minimum Gasteiger partial charge on any atom is -0.493 e. The van der Waals surface area contributed by atoms with E-state index in [1.165, 1.54) is 11.1 Å². The van der Waals surface area contributed by atoms with Gasteiger partial charge in [-0.15, -0.1) is 0 Å². The quantitative estimate of drug-likeness (QED) is 0.748. The van der Waals surface area contributed by atoms with Crippen LogP contribution in [0.15, 0.2) is 35.1 Å². The summed E-state index contributed by atoms with van der Waals surface area (Å²) in [4.78, 5) is 16.0. The molecule has 0 spiro atoms. The molecule has 5 nitrogen and oxygen atoms in total. The van der Waals surface area contributed by atoms with E-state index < -0.39 is 0 Å². The van der Waals surface area contributed by atoms with Gasteiger partial charge in [0.2, 0.25) is 0 Å². The van der Waals surface area contributed by atoms with Crippen molar-refractivity contribution in [3.8, 4) is 11.5 Å². The number of hydrogen-bond donors (Lipinski definition) is 2. The van der Waals surface area contributed by atoms with Crippen molar-refractivity contribution in [2.24, 2.45) is 0 Å². The summed E-state index contributed by atoms with van der Waals surface area (Å²) in [6, 6.07) is 10.0. The van der Waals surface area contributed by atoms with Gasteiger partial charge in [0, 0.05) is 12.1 Å². The van der Waals surface area contributed by atoms with Crippen molar-refractivity contribution in [2.75, 3.05) is 20.8 Å². The lowest BCUT2D eigenvalue weighted by molar-refractivity contribution is 0.353. The van der Waals surface area contributed by atoms with E-state index in [0.29, 0.717) is 5.75 Å². The minimum absolute atomic E-state index is 0.0606. The molecular formula is C22H24N2O3. The molecule has 1 aliphatic rings. The highest BCUT2D eigenvalue weighted by atomic mass is 16.5. The molecule has 0 radical (unpaired) electrons. The summed E-state index contributed by atoms with van der Waals surface area (Å²) in [5.41, 5.74) is 6.07. The number of aromatic nitrogens is 1. The van der Waals surface area contributed by atoms with Gasteiger partial charge in [0.25, 0.3) is 5.56 Å². The van der Waals surface area contributed by atoms with Crippen molar-refractivity contribution in [3.05, 3.63) is 68.5 Å². The molecule has 140 valence electrons. The lowest BCUT2D eigenvalue weighted by Gasteiger charge is -2.28. The van der Waals surface area contributed by atoms with E-state index in [4.69, 9.17) is 9.47 Å². The molecule has 2 N–H and O–H groups in total. The van der Waals surface area contributed by atoms with Crippen molar-refractivity contribution < 1.29 is 9.47 Å². The summed E-state index contributed by atoms with van der Waals surface area (Å²) >= 11 is 0. The van der Waals surface area contributed by atoms with E-state index >= 15 is 0 Å². The minimum atomic E-state index is -0.178. The third kappa shape index (κ3) is 2.98. The number of nitrogens with one attached hydrogen (secondary N) is 2. The highest BCUT2D eigenvalue weighted by Crippen LogP contribution is 2.37. The Morgan fingerprint density at radius 2 is 1.70 bits per heavy atom. The Morgan fingerprint density at radius 3 is 2.44 bits per heavy atom. The van der Waals surface area contributed by atoms with Gasteiger partial charge in [-0.05, 0) is 66.6 Å². The fourth-order valence-corrected chi connectivity index (χ4v) is 4.08. The molecule has 1 aliphatic heterocycles. The van der Waals surface area contributed by atoms with Gasteiger partial charge in [0.1, 0.15) is 0 Å². The van der Waals surface area contributed by atoms with Crippen LogP contribution in [0.25, 0.3) is 10.9 Å². The number of pyridine rings is 1. The second-order valence-electron chi connectivity index (χ2n) is 7.14. The summed E-state index contributed by atoms with van der Waals surface area (Å²) in [5, 5.41) is 4.55. The maximum Gasteiger partial charge on any atom is 0.253 e. The monoisotopic (exact) mass is 364 g/mol. The molecule has 2 heterocycles. The largest absolute Gasteiger partial charge is 0.493 e. The van der Waals surface area contributed by atoms with Crippen molar-refractivity contribution in [2.45, 2.75) is 26.3 Å². The second-order valence-corrected chi connectivity index (χ2v) is 7.14. The molecule has 0 saturated carbocycles. The van der Waals surface area contributed by atoms with Crippen LogP contribution in [-0.2, 0) is 6.42 Å². The van der Waals surface area contributed by atoms with Crippen LogP contribution in [0, 0.1) is 13.8 Å². The van der Waals surface area contributed by atoms with Gasteiger partial charge in [0.15, 0.2) is 11.5 Å². The van der Waals surface area contributed by atoms with Gasteiger partial charge in [-0.2, -0.15) is 0 Å². The first-order valence-corrected chi connectivity index (χ1v) is 9.14. The zero-order valence-electron chi connectivity index (χ0n) is 16.1. The zero-order valence-corrected chi connectivity index (χ0v) is 16.1. The molecule has 4 rings (SSSR count). The topological polar surface area (TPSA) is 63.4 Å². The number of methoxy groups -OCH3 is 2. The number of benzene rings is 2. The molecule has 0 amide bonds. The van der Waals surface area contributed by atoms with Gasteiger partial charge in [-0.3, -0.25) is 4.79 Å². The van der Waals surface area contributed by atoms with E-state index in [0.717, 1.165) is 46.3 Å². The average Bonchev–Trinajstić information content (AvgIpc) is 2.66. The smallest absolute Gasteiger partial charge is 0.253 e. The average molecular weight is 364 g/mol. The van der Waals surface area contributed by atoms with Crippen LogP contribution in [0.1, 0.15) is 33.9 Å². The SMILES string of the molecule is COc1cc2c(cc1OC)[C@H](c1cc3cc(C)cc(C)c3[nH]c1=O)NCC2. The fraction of sp³-hybridized carbons (Fsp3) is 0.318. The summed E-state index contributed by atoms with van der Waals surface area (Å²) in [7, 11) is 3.27. The Hall–Kier alpha value is -2.79. The van der Waals surface area contributed by atoms with E-state index in [9.17, 15) is 4.79 Å². The molecule has 0 bridgehead atoms. The first kappa shape index (κ1) is 17.6. The van der Waals surface area contributed by atoms with Crippen LogP contribution < -0.4 is 20.3 Å². The lowest BCUT2D eigenvalue weighted by atomic mass is 9.89. The molecular weight excluding hydrogens is 340 g/mol. The number of aromatic amines is 1. The van der Waals surface area contributed by atoms with E-state index in [1.54, 1.807) is 14.2 Å². The molecule has 2 aromatic carbocycles. The highest BCUT2D eigenvalue weighted by molar-refractivity contribution is 5.83. The maximum atomic E-state index is 12.9. The number of aryl methyl sites for hydroxylation is 2. The first-order chi connectivity index (χ1) is 13.0. The summed E-state index contributed by atoms with van der Waals surface area (Å²) in [6.07, 6.45) is 0.885. The van der Waals surface area contributed by atoms with Crippen LogP contribution in [0.4, 0.5) is 0 Å². The predicted molar refractivity (Wildman–Crippen MR) is 107 cm³/mol. The number of rotatable bonds is 3. The fourth-order valence-electron chi connectivity index (χ4n) is 4.08. The number of hydrogen-bond acceptors (Lipinski definition) is 4. The Labute approximate surface area is 158 Å². The van der Waals surface area contributed by atoms with Crippen molar-refractivity contribution in [1.82, 2.24) is 10.3 Å². The Kier molecular flexibility index (Phi) is 4.40. The van der Waals surface area contributed by atoms with Gasteiger partial charge < -0.3 is 19.8 Å². The van der Waals surface area contributed by atoms with Gasteiger partial charge in [0.05, 0.1) is 25.8 Å². The molecule has 1 aromatic heterocycles. The van der Waals surface area contributed by atoms with Crippen LogP contribution >= 0.6 is 0 Å². The van der Waals surface area contributed by atoms with Crippen molar-refractivity contribution >= 4 is 10.9 Å². The lowest BCUT2D eigenvalue weighted by Crippen LogP contribution is -2.34. The first-order valence-electron chi connectivity index (χ1n) is 9.14. The Bertz CT molecular complexity index is 1090. The standard InChI is InChI=1S/C22H24N2O3/c1-12-7-13(2)20-15(8-12)9-17(22(25)24-20)21-16-11-19(27-4)18(26-3)10-14(16)5-6-23-21/h7-11,21,23H,5-6H2,1-4H3,(H,24,25)/t21-/m1/s1. The Balaban J connectivity index is 1.91. The number of H-pyrrole nitrogens is 1. The van der Waals surface area contributed by atoms with Crippen molar-refractivity contribution in [1.29, 1.82) is 0 Å². The molecule has 3 aromatic rings. The van der Waals surface area contributed by atoms with E-state index in [2.05, 4.69) is 29.4 Å². The highest BCUT2D eigenvalue weighted by Gasteiger charge is 2.26. The predicted octanol–water partition coefficient (Wildman–Crippen LogP) is 3.40. The Morgan fingerprint density at radius 1 is 0.963 bits per heavy atom. The van der Waals surface area contributed by atoms with Crippen LogP contribution in [-0.4, -0.2) is 25.7 Å². The molecule has 0 unspecified atom stereocenters. The van der Waals surface area contributed by atoms with E-state index in [-0.39, 0.29) is 11.6 Å². The summed E-state index contributed by atoms with van der Waals surface area (Å²) < 4.78 is 10.9. The third-order valence-corrected chi connectivity index (χ3v) is 5.33. The molecule has 0 saturated heterocycles. The van der Waals surface area contributed by atoms with Gasteiger partial charge >= 0.3 is 0 Å². The van der Waals surface area contributed by atoms with Crippen LogP contribution in [0.2, 0.25) is 0 Å². The molecule has 27 heavy (non-hydrogen) atoms. The van der Waals surface area contributed by atoms with E-state index in [1.807, 2.05) is 25.1 Å². The molecule has 5 heteroatoms. The molecule has 1 atom stereocenters. The molecule has 0 fully saturated rings. The van der Waals surface area contributed by atoms with Crippen molar-refractivity contribution in [3.63, 3.8) is 0 Å². The van der Waals surface area contributed by atoms with Gasteiger partial charge in [-0.25, -0.2) is 0 Å². The summed E-state index contributed by atoms with van der Waals surface area (Å²) in [5.74, 6) is 1.39. The maximum absolute atomic E-state index is 12.9.